The first-order chi connectivity index (χ1) is 14.1. The van der Waals surface area contributed by atoms with Crippen LogP contribution >= 0.6 is 11.8 Å². The van der Waals surface area contributed by atoms with Crippen molar-refractivity contribution in [1.82, 2.24) is 15.5 Å². The summed E-state index contributed by atoms with van der Waals surface area (Å²) < 4.78 is 24.5. The number of aromatic nitrogens is 2. The second kappa shape index (κ2) is 8.65. The molecule has 0 aliphatic heterocycles. The molecule has 0 unspecified atom stereocenters. The minimum atomic E-state index is -0.516. The maximum Gasteiger partial charge on any atom is 0.277 e. The first-order valence-electron chi connectivity index (χ1n) is 9.36. The summed E-state index contributed by atoms with van der Waals surface area (Å²) in [6.07, 6.45) is 1.51. The van der Waals surface area contributed by atoms with Gasteiger partial charge in [0.2, 0.25) is 5.91 Å². The van der Waals surface area contributed by atoms with Crippen LogP contribution in [0.4, 0.5) is 4.39 Å². The van der Waals surface area contributed by atoms with Gasteiger partial charge >= 0.3 is 0 Å². The molecule has 8 heteroatoms. The number of nitrogens with one attached hydrogen (secondary N) is 1. The van der Waals surface area contributed by atoms with Crippen molar-refractivity contribution in [2.24, 2.45) is 0 Å². The Morgan fingerprint density at radius 1 is 1.17 bits per heavy atom. The first kappa shape index (κ1) is 19.4. The summed E-state index contributed by atoms with van der Waals surface area (Å²) in [6.45, 7) is 1.76. The molecule has 1 saturated carbocycles. The summed E-state index contributed by atoms with van der Waals surface area (Å²) in [6, 6.07) is 15.5. The Labute approximate surface area is 171 Å². The summed E-state index contributed by atoms with van der Waals surface area (Å²) in [5.74, 6) is 0.375. The van der Waals surface area contributed by atoms with Gasteiger partial charge in [-0.25, -0.2) is 4.39 Å². The zero-order chi connectivity index (χ0) is 20.2. The van der Waals surface area contributed by atoms with E-state index in [-0.39, 0.29) is 28.9 Å². The fourth-order valence-corrected chi connectivity index (χ4v) is 3.60. The van der Waals surface area contributed by atoms with E-state index < -0.39 is 11.4 Å². The first-order valence-corrected chi connectivity index (χ1v) is 10.2. The van der Waals surface area contributed by atoms with Crippen LogP contribution in [-0.4, -0.2) is 22.1 Å². The lowest BCUT2D eigenvalue weighted by Gasteiger charge is -2.15. The number of ether oxygens (including phenoxy) is 1. The number of thioether (sulfide) groups is 1. The maximum atomic E-state index is 13.0. The number of benzene rings is 2. The molecule has 0 bridgehead atoms. The molecule has 1 amide bonds. The Hall–Kier alpha value is -2.87. The van der Waals surface area contributed by atoms with Gasteiger partial charge in [0, 0.05) is 6.04 Å². The highest BCUT2D eigenvalue weighted by molar-refractivity contribution is 8.00. The molecular formula is C21H20FN3O3S. The smallest absolute Gasteiger partial charge is 0.277 e. The molecule has 29 heavy (non-hydrogen) atoms. The van der Waals surface area contributed by atoms with E-state index >= 15 is 0 Å². The third-order valence-electron chi connectivity index (χ3n) is 4.38. The number of carbonyl (C=O) groups is 1. The van der Waals surface area contributed by atoms with Crippen LogP contribution in [0.1, 0.15) is 42.6 Å². The predicted molar refractivity (Wildman–Crippen MR) is 106 cm³/mol. The average molecular weight is 413 g/mol. The minimum Gasteiger partial charge on any atom is -0.481 e. The quantitative estimate of drug-likeness (QED) is 0.550. The van der Waals surface area contributed by atoms with Crippen molar-refractivity contribution in [2.75, 3.05) is 0 Å². The maximum absolute atomic E-state index is 13.0. The standard InChI is InChI=1S/C21H20FN3O3S/c1-13(27-17-11-7-15(22)8-12-17)20-24-25-21(28-20)29-18(14-5-3-2-4-6-14)19(26)23-16-9-10-16/h2-8,11-13,16,18H,9-10H2,1H3,(H,23,26)/t13-,18-/m0/s1. The molecule has 1 fully saturated rings. The van der Waals surface area contributed by atoms with Crippen LogP contribution in [-0.2, 0) is 4.79 Å². The molecule has 1 aromatic heterocycles. The summed E-state index contributed by atoms with van der Waals surface area (Å²) >= 11 is 1.21. The van der Waals surface area contributed by atoms with Gasteiger partial charge in [-0.1, -0.05) is 30.3 Å². The molecule has 2 aromatic carbocycles. The fourth-order valence-electron chi connectivity index (χ4n) is 2.71. The number of nitrogens with zero attached hydrogens (tertiary/aromatic N) is 2. The van der Waals surface area contributed by atoms with E-state index in [0.717, 1.165) is 18.4 Å². The molecule has 150 valence electrons. The molecule has 3 aromatic rings. The Kier molecular flexibility index (Phi) is 5.80. The highest BCUT2D eigenvalue weighted by atomic mass is 32.2. The van der Waals surface area contributed by atoms with Crippen molar-refractivity contribution < 1.29 is 18.3 Å². The van der Waals surface area contributed by atoms with Crippen LogP contribution < -0.4 is 10.1 Å². The summed E-state index contributed by atoms with van der Waals surface area (Å²) in [7, 11) is 0. The number of carbonyl (C=O) groups excluding carboxylic acids is 1. The fraction of sp³-hybridized carbons (Fsp3) is 0.286. The number of halogens is 1. The lowest BCUT2D eigenvalue weighted by atomic mass is 10.1. The number of rotatable bonds is 8. The van der Waals surface area contributed by atoms with E-state index in [1.54, 1.807) is 6.92 Å². The molecule has 1 aliphatic carbocycles. The van der Waals surface area contributed by atoms with Crippen LogP contribution in [0.2, 0.25) is 0 Å². The molecule has 1 aliphatic rings. The number of hydrogen-bond donors (Lipinski definition) is 1. The largest absolute Gasteiger partial charge is 0.481 e. The summed E-state index contributed by atoms with van der Waals surface area (Å²) in [4.78, 5) is 12.7. The van der Waals surface area contributed by atoms with Gasteiger partial charge < -0.3 is 14.5 Å². The molecule has 1 heterocycles. The average Bonchev–Trinajstić information content (AvgIpc) is 3.41. The van der Waals surface area contributed by atoms with Crippen molar-refractivity contribution in [3.63, 3.8) is 0 Å². The van der Waals surface area contributed by atoms with Gasteiger partial charge in [0.1, 0.15) is 16.8 Å². The van der Waals surface area contributed by atoms with E-state index in [9.17, 15) is 9.18 Å². The van der Waals surface area contributed by atoms with Gasteiger partial charge in [0.05, 0.1) is 0 Å². The zero-order valence-electron chi connectivity index (χ0n) is 15.7. The molecule has 4 rings (SSSR count). The van der Waals surface area contributed by atoms with E-state index in [4.69, 9.17) is 9.15 Å². The Balaban J connectivity index is 1.46. The zero-order valence-corrected chi connectivity index (χ0v) is 16.6. The molecule has 0 saturated heterocycles. The molecule has 6 nitrogen and oxygen atoms in total. The molecule has 2 atom stereocenters. The highest BCUT2D eigenvalue weighted by Crippen LogP contribution is 2.36. The number of hydrogen-bond acceptors (Lipinski definition) is 6. The van der Waals surface area contributed by atoms with Crippen molar-refractivity contribution >= 4 is 17.7 Å². The van der Waals surface area contributed by atoms with E-state index in [1.165, 1.54) is 36.0 Å². The molecule has 0 spiro atoms. The van der Waals surface area contributed by atoms with Crippen molar-refractivity contribution in [3.8, 4) is 5.75 Å². The van der Waals surface area contributed by atoms with Crippen LogP contribution in [0.3, 0.4) is 0 Å². The summed E-state index contributed by atoms with van der Waals surface area (Å²) in [5, 5.41) is 10.9. The summed E-state index contributed by atoms with van der Waals surface area (Å²) in [5.41, 5.74) is 0.867. The third kappa shape index (κ3) is 5.14. The van der Waals surface area contributed by atoms with Gasteiger partial charge in [-0.05, 0) is 61.4 Å². The number of amides is 1. The molecule has 1 N–H and O–H groups in total. The Bertz CT molecular complexity index is 961. The SMILES string of the molecule is C[C@H](Oc1ccc(F)cc1)c1nnc(S[C@H](C(=O)NC2CC2)c2ccccc2)o1. The van der Waals surface area contributed by atoms with E-state index in [2.05, 4.69) is 15.5 Å². The van der Waals surface area contributed by atoms with Crippen molar-refractivity contribution in [3.05, 3.63) is 71.9 Å². The highest BCUT2D eigenvalue weighted by Gasteiger charge is 2.30. The Morgan fingerprint density at radius 3 is 2.59 bits per heavy atom. The van der Waals surface area contributed by atoms with Crippen molar-refractivity contribution in [1.29, 1.82) is 0 Å². The van der Waals surface area contributed by atoms with Crippen LogP contribution in [0.25, 0.3) is 0 Å². The lowest BCUT2D eigenvalue weighted by Crippen LogP contribution is -2.29. The van der Waals surface area contributed by atoms with Gasteiger partial charge in [0.25, 0.3) is 11.1 Å². The minimum absolute atomic E-state index is 0.0703. The topological polar surface area (TPSA) is 77.2 Å². The normalized spacial score (nSPS) is 15.5. The van der Waals surface area contributed by atoms with Crippen LogP contribution in [0, 0.1) is 5.82 Å². The van der Waals surface area contributed by atoms with E-state index in [0.29, 0.717) is 5.75 Å². The van der Waals surface area contributed by atoms with Gasteiger partial charge in [0.15, 0.2) is 6.10 Å². The predicted octanol–water partition coefficient (Wildman–Crippen LogP) is 4.46. The lowest BCUT2D eigenvalue weighted by molar-refractivity contribution is -0.120. The third-order valence-corrected chi connectivity index (χ3v) is 5.47. The van der Waals surface area contributed by atoms with Crippen LogP contribution in [0.5, 0.6) is 5.75 Å². The Morgan fingerprint density at radius 2 is 1.90 bits per heavy atom. The van der Waals surface area contributed by atoms with Crippen molar-refractivity contribution in [2.45, 2.75) is 42.4 Å². The van der Waals surface area contributed by atoms with E-state index in [1.807, 2.05) is 30.3 Å². The molecular weight excluding hydrogens is 393 g/mol. The second-order valence-corrected chi connectivity index (χ2v) is 7.87. The van der Waals surface area contributed by atoms with Crippen LogP contribution in [0.15, 0.2) is 64.2 Å². The van der Waals surface area contributed by atoms with Gasteiger partial charge in [-0.2, -0.15) is 0 Å². The van der Waals surface area contributed by atoms with Gasteiger partial charge in [-0.3, -0.25) is 4.79 Å². The second-order valence-electron chi connectivity index (χ2n) is 6.81. The monoisotopic (exact) mass is 413 g/mol. The molecule has 0 radical (unpaired) electrons. The van der Waals surface area contributed by atoms with Gasteiger partial charge in [-0.15, -0.1) is 10.2 Å².